The van der Waals surface area contributed by atoms with E-state index in [-0.39, 0.29) is 5.82 Å². The van der Waals surface area contributed by atoms with E-state index in [1.807, 2.05) is 0 Å². The lowest BCUT2D eigenvalue weighted by atomic mass is 10.1. The molecule has 0 spiro atoms. The molecule has 0 unspecified atom stereocenters. The summed E-state index contributed by atoms with van der Waals surface area (Å²) in [6.45, 7) is 5.80. The summed E-state index contributed by atoms with van der Waals surface area (Å²) >= 11 is 0. The number of rotatable bonds is 24. The van der Waals surface area contributed by atoms with Crippen molar-refractivity contribution in [1.29, 1.82) is 0 Å². The predicted molar refractivity (Wildman–Crippen MR) is 157 cm³/mol. The molecular weight excluding hydrogens is 475 g/mol. The molecule has 2 rings (SSSR count). The highest BCUT2D eigenvalue weighted by molar-refractivity contribution is 5.57. The molecule has 38 heavy (non-hydrogen) atoms. The third-order valence-corrected chi connectivity index (χ3v) is 7.09. The summed E-state index contributed by atoms with van der Waals surface area (Å²) in [4.78, 5) is 8.64. The van der Waals surface area contributed by atoms with Crippen molar-refractivity contribution in [3.05, 3.63) is 36.4 Å². The van der Waals surface area contributed by atoms with E-state index in [2.05, 4.69) is 23.8 Å². The normalized spacial score (nSPS) is 11.1. The maximum atomic E-state index is 14.7. The van der Waals surface area contributed by atoms with Crippen LogP contribution in [0.4, 0.5) is 4.39 Å². The number of hydrogen-bond donors (Lipinski definition) is 0. The fraction of sp³-hybridized carbons (Fsp3) is 0.697. The van der Waals surface area contributed by atoms with Gasteiger partial charge < -0.3 is 9.47 Å². The summed E-state index contributed by atoms with van der Waals surface area (Å²) in [6, 6.07) is 4.93. The molecule has 214 valence electrons. The van der Waals surface area contributed by atoms with E-state index < -0.39 is 0 Å². The standard InChI is InChI=1S/C33H53FN2O2/c1-3-5-7-9-11-13-15-17-18-20-24-37-29-22-23-31(32(34)26-29)33-35-27-30(28-36-33)38-25-21-19-16-14-12-10-8-6-4-2/h22-23,26-28H,3-21,24-25H2,1-2H3. The van der Waals surface area contributed by atoms with Crippen molar-refractivity contribution in [3.63, 3.8) is 0 Å². The largest absolute Gasteiger partial charge is 0.493 e. The lowest BCUT2D eigenvalue weighted by Gasteiger charge is -2.09. The van der Waals surface area contributed by atoms with Crippen molar-refractivity contribution in [2.45, 2.75) is 136 Å². The van der Waals surface area contributed by atoms with Crippen LogP contribution in [-0.4, -0.2) is 23.2 Å². The average Bonchev–Trinajstić information content (AvgIpc) is 2.93. The van der Waals surface area contributed by atoms with E-state index in [0.29, 0.717) is 36.1 Å². The molecule has 0 atom stereocenters. The van der Waals surface area contributed by atoms with Gasteiger partial charge in [0, 0.05) is 6.07 Å². The Kier molecular flexibility index (Phi) is 18.3. The first-order chi connectivity index (χ1) is 18.7. The van der Waals surface area contributed by atoms with Crippen LogP contribution >= 0.6 is 0 Å². The van der Waals surface area contributed by atoms with Crippen molar-refractivity contribution >= 4 is 0 Å². The Morgan fingerprint density at radius 2 is 0.974 bits per heavy atom. The fourth-order valence-electron chi connectivity index (χ4n) is 4.68. The molecule has 0 saturated carbocycles. The molecule has 1 aromatic carbocycles. The molecule has 0 aliphatic carbocycles. The van der Waals surface area contributed by atoms with Gasteiger partial charge in [0.2, 0.25) is 0 Å². The second kappa shape index (κ2) is 21.7. The summed E-state index contributed by atoms with van der Waals surface area (Å²) in [5, 5.41) is 0. The number of benzene rings is 1. The van der Waals surface area contributed by atoms with Gasteiger partial charge >= 0.3 is 0 Å². The molecule has 0 fully saturated rings. The number of halogens is 1. The lowest BCUT2D eigenvalue weighted by Crippen LogP contribution is -2.00. The van der Waals surface area contributed by atoms with Gasteiger partial charge in [-0.1, -0.05) is 123 Å². The number of nitrogens with zero attached hydrogens (tertiary/aromatic N) is 2. The van der Waals surface area contributed by atoms with Crippen molar-refractivity contribution in [2.24, 2.45) is 0 Å². The van der Waals surface area contributed by atoms with Crippen molar-refractivity contribution in [3.8, 4) is 22.9 Å². The maximum absolute atomic E-state index is 14.7. The molecule has 1 heterocycles. The smallest absolute Gasteiger partial charge is 0.162 e. The molecular formula is C33H53FN2O2. The van der Waals surface area contributed by atoms with Crippen molar-refractivity contribution < 1.29 is 13.9 Å². The van der Waals surface area contributed by atoms with Crippen molar-refractivity contribution in [1.82, 2.24) is 9.97 Å². The van der Waals surface area contributed by atoms with Gasteiger partial charge in [-0.3, -0.25) is 0 Å². The summed E-state index contributed by atoms with van der Waals surface area (Å²) in [5.41, 5.74) is 0.377. The zero-order chi connectivity index (χ0) is 27.1. The number of unbranched alkanes of at least 4 members (excludes halogenated alkanes) is 17. The number of hydrogen-bond acceptors (Lipinski definition) is 4. The Morgan fingerprint density at radius 3 is 1.42 bits per heavy atom. The lowest BCUT2D eigenvalue weighted by molar-refractivity contribution is 0.301. The van der Waals surface area contributed by atoms with Gasteiger partial charge in [-0.25, -0.2) is 14.4 Å². The third kappa shape index (κ3) is 14.7. The predicted octanol–water partition coefficient (Wildman–Crippen LogP) is 10.5. The molecule has 0 N–H and O–H groups in total. The molecule has 0 saturated heterocycles. The van der Waals surface area contributed by atoms with Crippen LogP contribution < -0.4 is 9.47 Å². The zero-order valence-electron chi connectivity index (χ0n) is 24.3. The van der Waals surface area contributed by atoms with Gasteiger partial charge in [-0.15, -0.1) is 0 Å². The molecule has 0 aliphatic rings. The highest BCUT2D eigenvalue weighted by Gasteiger charge is 2.10. The third-order valence-electron chi connectivity index (χ3n) is 7.09. The summed E-state index contributed by atoms with van der Waals surface area (Å²) in [5.74, 6) is 1.18. The maximum Gasteiger partial charge on any atom is 0.162 e. The van der Waals surface area contributed by atoms with Crippen LogP contribution in [0, 0.1) is 5.82 Å². The van der Waals surface area contributed by atoms with E-state index in [1.165, 1.54) is 109 Å². The van der Waals surface area contributed by atoms with E-state index >= 15 is 0 Å². The Morgan fingerprint density at radius 1 is 0.553 bits per heavy atom. The van der Waals surface area contributed by atoms with E-state index in [1.54, 1.807) is 24.5 Å². The number of ether oxygens (including phenoxy) is 2. The van der Waals surface area contributed by atoms with E-state index in [4.69, 9.17) is 9.47 Å². The van der Waals surface area contributed by atoms with Crippen LogP contribution in [0.15, 0.2) is 30.6 Å². The molecule has 4 nitrogen and oxygen atoms in total. The molecule has 0 aliphatic heterocycles. The van der Waals surface area contributed by atoms with E-state index in [9.17, 15) is 4.39 Å². The summed E-state index contributed by atoms with van der Waals surface area (Å²) in [6.07, 6.45) is 27.7. The SMILES string of the molecule is CCCCCCCCCCCCOc1ccc(-c2ncc(OCCCCCCCCCCC)cn2)c(F)c1. The topological polar surface area (TPSA) is 44.2 Å². The average molecular weight is 529 g/mol. The van der Waals surface area contributed by atoms with Crippen LogP contribution in [-0.2, 0) is 0 Å². The highest BCUT2D eigenvalue weighted by atomic mass is 19.1. The van der Waals surface area contributed by atoms with Crippen LogP contribution in [0.3, 0.4) is 0 Å². The minimum Gasteiger partial charge on any atom is -0.493 e. The summed E-state index contributed by atoms with van der Waals surface area (Å²) < 4.78 is 26.2. The zero-order valence-corrected chi connectivity index (χ0v) is 24.3. The fourth-order valence-corrected chi connectivity index (χ4v) is 4.68. The van der Waals surface area contributed by atoms with E-state index in [0.717, 1.165) is 19.3 Å². The first-order valence-corrected chi connectivity index (χ1v) is 15.6. The molecule has 1 aromatic heterocycles. The quantitative estimate of drug-likeness (QED) is 0.127. The molecule has 0 bridgehead atoms. The first-order valence-electron chi connectivity index (χ1n) is 15.6. The Labute approximate surface area is 232 Å². The Bertz CT molecular complexity index is 828. The molecule has 0 radical (unpaired) electrons. The molecule has 5 heteroatoms. The van der Waals surface area contributed by atoms with Crippen LogP contribution in [0.25, 0.3) is 11.4 Å². The van der Waals surface area contributed by atoms with Crippen LogP contribution in [0.1, 0.15) is 136 Å². The van der Waals surface area contributed by atoms with Gasteiger partial charge in [0.05, 0.1) is 31.2 Å². The van der Waals surface area contributed by atoms with Crippen molar-refractivity contribution in [2.75, 3.05) is 13.2 Å². The van der Waals surface area contributed by atoms with Gasteiger partial charge in [-0.2, -0.15) is 0 Å². The number of aromatic nitrogens is 2. The monoisotopic (exact) mass is 528 g/mol. The second-order valence-corrected chi connectivity index (χ2v) is 10.6. The molecule has 2 aromatic rings. The summed E-state index contributed by atoms with van der Waals surface area (Å²) in [7, 11) is 0. The van der Waals surface area contributed by atoms with Gasteiger partial charge in [0.25, 0.3) is 0 Å². The Balaban J connectivity index is 1.58. The van der Waals surface area contributed by atoms with Crippen LogP contribution in [0.5, 0.6) is 11.5 Å². The van der Waals surface area contributed by atoms with Gasteiger partial charge in [-0.05, 0) is 25.0 Å². The molecule has 0 amide bonds. The Hall–Kier alpha value is -2.17. The van der Waals surface area contributed by atoms with Crippen LogP contribution in [0.2, 0.25) is 0 Å². The minimum absolute atomic E-state index is 0.360. The highest BCUT2D eigenvalue weighted by Crippen LogP contribution is 2.25. The minimum atomic E-state index is -0.367. The van der Waals surface area contributed by atoms with Gasteiger partial charge in [0.15, 0.2) is 11.6 Å². The van der Waals surface area contributed by atoms with Gasteiger partial charge in [0.1, 0.15) is 11.6 Å². The second-order valence-electron chi connectivity index (χ2n) is 10.6. The first kappa shape index (κ1) is 32.0.